The summed E-state index contributed by atoms with van der Waals surface area (Å²) in [6.45, 7) is 1.94. The molecule has 0 radical (unpaired) electrons. The van der Waals surface area contributed by atoms with Gasteiger partial charge in [0.05, 0.1) is 10.6 Å². The molecule has 1 heterocycles. The predicted molar refractivity (Wildman–Crippen MR) is 71.1 cm³/mol. The summed E-state index contributed by atoms with van der Waals surface area (Å²) in [4.78, 5) is 13.6. The SMILES string of the molecule is Cc1ccc(C(=O)Nc2ccc(F)cc2Br)s1. The molecule has 0 aliphatic carbocycles. The fraction of sp³-hybridized carbons (Fsp3) is 0.0833. The second kappa shape index (κ2) is 4.98. The molecular formula is C12H9BrFNOS. The van der Waals surface area contributed by atoms with Gasteiger partial charge in [-0.1, -0.05) is 0 Å². The smallest absolute Gasteiger partial charge is 0.265 e. The van der Waals surface area contributed by atoms with Crippen molar-refractivity contribution in [1.82, 2.24) is 0 Å². The molecule has 17 heavy (non-hydrogen) atoms. The number of benzene rings is 1. The Kier molecular flexibility index (Phi) is 3.59. The first-order chi connectivity index (χ1) is 8.06. The predicted octanol–water partition coefficient (Wildman–Crippen LogP) is 4.21. The van der Waals surface area contributed by atoms with Crippen LogP contribution in [0.2, 0.25) is 0 Å². The molecule has 1 N–H and O–H groups in total. The molecule has 2 aromatic rings. The van der Waals surface area contributed by atoms with Gasteiger partial charge in [-0.3, -0.25) is 4.79 Å². The lowest BCUT2D eigenvalue weighted by Crippen LogP contribution is -2.10. The van der Waals surface area contributed by atoms with Gasteiger partial charge in [-0.25, -0.2) is 4.39 Å². The Bertz CT molecular complexity index is 567. The molecule has 0 saturated heterocycles. The number of amides is 1. The Balaban J connectivity index is 2.18. The Morgan fingerprint density at radius 3 is 2.71 bits per heavy atom. The van der Waals surface area contributed by atoms with Gasteiger partial charge in [-0.05, 0) is 53.2 Å². The van der Waals surface area contributed by atoms with Gasteiger partial charge in [0.15, 0.2) is 0 Å². The van der Waals surface area contributed by atoms with E-state index in [-0.39, 0.29) is 11.7 Å². The zero-order chi connectivity index (χ0) is 12.4. The first-order valence-corrected chi connectivity index (χ1v) is 6.50. The average Bonchev–Trinajstić information content (AvgIpc) is 2.69. The normalized spacial score (nSPS) is 10.3. The number of hydrogen-bond acceptors (Lipinski definition) is 2. The summed E-state index contributed by atoms with van der Waals surface area (Å²) >= 11 is 4.62. The van der Waals surface area contributed by atoms with E-state index in [0.29, 0.717) is 15.0 Å². The second-order valence-corrected chi connectivity index (χ2v) is 5.63. The Morgan fingerprint density at radius 1 is 1.35 bits per heavy atom. The van der Waals surface area contributed by atoms with Crippen LogP contribution in [0.3, 0.4) is 0 Å². The van der Waals surface area contributed by atoms with Gasteiger partial charge in [-0.15, -0.1) is 11.3 Å². The lowest BCUT2D eigenvalue weighted by molar-refractivity contribution is 0.103. The molecule has 1 aromatic heterocycles. The lowest BCUT2D eigenvalue weighted by Gasteiger charge is -2.05. The van der Waals surface area contributed by atoms with E-state index >= 15 is 0 Å². The minimum absolute atomic E-state index is 0.185. The Labute approximate surface area is 111 Å². The molecule has 0 aliphatic rings. The molecule has 1 aromatic carbocycles. The van der Waals surface area contributed by atoms with Crippen molar-refractivity contribution in [2.75, 3.05) is 5.32 Å². The molecule has 0 spiro atoms. The number of rotatable bonds is 2. The van der Waals surface area contributed by atoms with Crippen LogP contribution in [0.1, 0.15) is 14.5 Å². The number of aryl methyl sites for hydroxylation is 1. The fourth-order valence-electron chi connectivity index (χ4n) is 1.33. The van der Waals surface area contributed by atoms with Crippen LogP contribution in [-0.2, 0) is 0 Å². The van der Waals surface area contributed by atoms with Crippen molar-refractivity contribution >= 4 is 38.9 Å². The summed E-state index contributed by atoms with van der Waals surface area (Å²) in [5.74, 6) is -0.530. The van der Waals surface area contributed by atoms with Crippen LogP contribution < -0.4 is 5.32 Å². The van der Waals surface area contributed by atoms with Crippen molar-refractivity contribution in [2.24, 2.45) is 0 Å². The minimum Gasteiger partial charge on any atom is -0.320 e. The lowest BCUT2D eigenvalue weighted by atomic mass is 10.3. The number of thiophene rings is 1. The van der Waals surface area contributed by atoms with Gasteiger partial charge in [0, 0.05) is 9.35 Å². The van der Waals surface area contributed by atoms with Crippen molar-refractivity contribution < 1.29 is 9.18 Å². The van der Waals surface area contributed by atoms with E-state index in [1.165, 1.54) is 29.5 Å². The number of carbonyl (C=O) groups excluding carboxylic acids is 1. The van der Waals surface area contributed by atoms with Gasteiger partial charge in [0.1, 0.15) is 5.82 Å². The summed E-state index contributed by atoms with van der Waals surface area (Å²) in [5.41, 5.74) is 0.558. The third-order valence-corrected chi connectivity index (χ3v) is 3.80. The van der Waals surface area contributed by atoms with Crippen LogP contribution >= 0.6 is 27.3 Å². The Morgan fingerprint density at radius 2 is 2.12 bits per heavy atom. The molecule has 0 bridgehead atoms. The summed E-state index contributed by atoms with van der Waals surface area (Å²) < 4.78 is 13.4. The van der Waals surface area contributed by atoms with Gasteiger partial charge in [0.25, 0.3) is 5.91 Å². The maximum Gasteiger partial charge on any atom is 0.265 e. The highest BCUT2D eigenvalue weighted by Crippen LogP contribution is 2.24. The highest BCUT2D eigenvalue weighted by Gasteiger charge is 2.10. The minimum atomic E-state index is -0.346. The molecule has 0 unspecified atom stereocenters. The maximum atomic E-state index is 12.9. The summed E-state index contributed by atoms with van der Waals surface area (Å²) in [7, 11) is 0. The summed E-state index contributed by atoms with van der Waals surface area (Å²) in [5, 5.41) is 2.72. The van der Waals surface area contributed by atoms with E-state index in [0.717, 1.165) is 4.88 Å². The molecule has 88 valence electrons. The van der Waals surface area contributed by atoms with Crippen molar-refractivity contribution in [3.63, 3.8) is 0 Å². The molecule has 5 heteroatoms. The highest BCUT2D eigenvalue weighted by atomic mass is 79.9. The quantitative estimate of drug-likeness (QED) is 0.884. The van der Waals surface area contributed by atoms with E-state index in [4.69, 9.17) is 0 Å². The van der Waals surface area contributed by atoms with E-state index in [2.05, 4.69) is 21.2 Å². The van der Waals surface area contributed by atoms with Gasteiger partial charge in [0.2, 0.25) is 0 Å². The van der Waals surface area contributed by atoms with Gasteiger partial charge in [-0.2, -0.15) is 0 Å². The first kappa shape index (κ1) is 12.3. The van der Waals surface area contributed by atoms with Crippen molar-refractivity contribution in [3.8, 4) is 0 Å². The van der Waals surface area contributed by atoms with Gasteiger partial charge < -0.3 is 5.32 Å². The highest BCUT2D eigenvalue weighted by molar-refractivity contribution is 9.10. The molecule has 2 nitrogen and oxygen atoms in total. The standard InChI is InChI=1S/C12H9BrFNOS/c1-7-2-5-11(17-7)12(16)15-10-4-3-8(14)6-9(10)13/h2-6H,1H3,(H,15,16). The van der Waals surface area contributed by atoms with Crippen molar-refractivity contribution in [2.45, 2.75) is 6.92 Å². The van der Waals surface area contributed by atoms with Crippen LogP contribution in [0.15, 0.2) is 34.8 Å². The number of carbonyl (C=O) groups is 1. The summed E-state index contributed by atoms with van der Waals surface area (Å²) in [6.07, 6.45) is 0. The maximum absolute atomic E-state index is 12.9. The largest absolute Gasteiger partial charge is 0.320 e. The molecule has 0 aliphatic heterocycles. The number of anilines is 1. The van der Waals surface area contributed by atoms with E-state index < -0.39 is 0 Å². The number of halogens is 2. The monoisotopic (exact) mass is 313 g/mol. The van der Waals surface area contributed by atoms with Crippen molar-refractivity contribution in [3.05, 3.63) is 50.4 Å². The molecular weight excluding hydrogens is 305 g/mol. The summed E-state index contributed by atoms with van der Waals surface area (Å²) in [6, 6.07) is 7.80. The number of hydrogen-bond donors (Lipinski definition) is 1. The third-order valence-electron chi connectivity index (χ3n) is 2.14. The Hall–Kier alpha value is -1.20. The molecule has 0 fully saturated rings. The van der Waals surface area contributed by atoms with Crippen LogP contribution in [0.25, 0.3) is 0 Å². The molecule has 1 amide bonds. The van der Waals surface area contributed by atoms with Crippen LogP contribution in [-0.4, -0.2) is 5.91 Å². The van der Waals surface area contributed by atoms with Crippen LogP contribution in [0.5, 0.6) is 0 Å². The van der Waals surface area contributed by atoms with Crippen LogP contribution in [0, 0.1) is 12.7 Å². The van der Waals surface area contributed by atoms with E-state index in [9.17, 15) is 9.18 Å². The number of nitrogens with one attached hydrogen (secondary N) is 1. The molecule has 2 rings (SSSR count). The van der Waals surface area contributed by atoms with Crippen molar-refractivity contribution in [1.29, 1.82) is 0 Å². The topological polar surface area (TPSA) is 29.1 Å². The molecule has 0 atom stereocenters. The third kappa shape index (κ3) is 2.92. The van der Waals surface area contributed by atoms with Gasteiger partial charge >= 0.3 is 0 Å². The first-order valence-electron chi connectivity index (χ1n) is 4.89. The fourth-order valence-corrected chi connectivity index (χ4v) is 2.54. The zero-order valence-corrected chi connectivity index (χ0v) is 11.4. The zero-order valence-electron chi connectivity index (χ0n) is 8.96. The van der Waals surface area contributed by atoms with E-state index in [1.807, 2.05) is 13.0 Å². The second-order valence-electron chi connectivity index (χ2n) is 3.49. The average molecular weight is 314 g/mol. The van der Waals surface area contributed by atoms with Crippen LogP contribution in [0.4, 0.5) is 10.1 Å². The van der Waals surface area contributed by atoms with E-state index in [1.54, 1.807) is 6.07 Å². The molecule has 0 saturated carbocycles.